The van der Waals surface area contributed by atoms with E-state index in [1.54, 1.807) is 29.7 Å². The van der Waals surface area contributed by atoms with Crippen LogP contribution in [-0.2, 0) is 17.8 Å². The molecule has 0 fully saturated rings. The van der Waals surface area contributed by atoms with Crippen molar-refractivity contribution in [2.75, 3.05) is 13.1 Å². The van der Waals surface area contributed by atoms with Crippen molar-refractivity contribution in [3.63, 3.8) is 0 Å². The fourth-order valence-corrected chi connectivity index (χ4v) is 4.44. The summed E-state index contributed by atoms with van der Waals surface area (Å²) in [4.78, 5) is 28.0. The molecule has 0 saturated heterocycles. The number of urea groups is 1. The first-order valence-electron chi connectivity index (χ1n) is 9.16. The highest BCUT2D eigenvalue weighted by molar-refractivity contribution is 7.10. The monoisotopic (exact) mass is 395 g/mol. The molecule has 0 spiro atoms. The average molecular weight is 395 g/mol. The first kappa shape index (κ1) is 18.5. The predicted molar refractivity (Wildman–Crippen MR) is 107 cm³/mol. The normalized spacial score (nSPS) is 16.4. The van der Waals surface area contributed by atoms with Crippen LogP contribution in [0.25, 0.3) is 0 Å². The van der Waals surface area contributed by atoms with E-state index in [0.717, 1.165) is 18.5 Å². The van der Waals surface area contributed by atoms with Gasteiger partial charge in [0.2, 0.25) is 5.91 Å². The number of hydrogen-bond acceptors (Lipinski definition) is 5. The standard InChI is InChI=1S/C21H21N3O3S/c25-19(23-21(26)22-13-16-7-4-11-27-16)14-24-10-8-18-17(9-12-28-18)20(24)15-5-2-1-3-6-15/h1-7,9,11-12,20H,8,10,13-14H2,(H2,22,23,25,26)/t20-/m0/s1. The molecule has 7 heteroatoms. The summed E-state index contributed by atoms with van der Waals surface area (Å²) < 4.78 is 5.16. The molecule has 4 rings (SSSR count). The summed E-state index contributed by atoms with van der Waals surface area (Å²) in [5.41, 5.74) is 2.40. The molecule has 3 heterocycles. The summed E-state index contributed by atoms with van der Waals surface area (Å²) in [6.45, 7) is 1.16. The van der Waals surface area contributed by atoms with Crippen molar-refractivity contribution < 1.29 is 14.0 Å². The fourth-order valence-electron chi connectivity index (χ4n) is 3.54. The quantitative estimate of drug-likeness (QED) is 0.695. The van der Waals surface area contributed by atoms with Crippen LogP contribution in [-0.4, -0.2) is 29.9 Å². The largest absolute Gasteiger partial charge is 0.467 e. The third kappa shape index (κ3) is 4.16. The van der Waals surface area contributed by atoms with Crippen molar-refractivity contribution in [1.82, 2.24) is 15.5 Å². The van der Waals surface area contributed by atoms with E-state index < -0.39 is 6.03 Å². The summed E-state index contributed by atoms with van der Waals surface area (Å²) in [7, 11) is 0. The second-order valence-electron chi connectivity index (χ2n) is 6.64. The zero-order valence-corrected chi connectivity index (χ0v) is 16.1. The number of carbonyl (C=O) groups is 2. The lowest BCUT2D eigenvalue weighted by atomic mass is 9.93. The van der Waals surface area contributed by atoms with Gasteiger partial charge < -0.3 is 9.73 Å². The van der Waals surface area contributed by atoms with Crippen LogP contribution < -0.4 is 10.6 Å². The molecule has 1 aliphatic rings. The Balaban J connectivity index is 1.41. The lowest BCUT2D eigenvalue weighted by Gasteiger charge is -2.35. The number of furan rings is 1. The van der Waals surface area contributed by atoms with Gasteiger partial charge in [0.1, 0.15) is 5.76 Å². The van der Waals surface area contributed by atoms with Gasteiger partial charge >= 0.3 is 6.03 Å². The van der Waals surface area contributed by atoms with E-state index in [1.807, 2.05) is 18.2 Å². The van der Waals surface area contributed by atoms with Crippen LogP contribution in [0.4, 0.5) is 4.79 Å². The minimum Gasteiger partial charge on any atom is -0.467 e. The highest BCUT2D eigenvalue weighted by atomic mass is 32.1. The molecule has 0 bridgehead atoms. The number of thiophene rings is 1. The zero-order chi connectivity index (χ0) is 19.3. The van der Waals surface area contributed by atoms with E-state index in [2.05, 4.69) is 39.1 Å². The van der Waals surface area contributed by atoms with Gasteiger partial charge in [0, 0.05) is 11.4 Å². The Labute approximate surface area is 167 Å². The summed E-state index contributed by atoms with van der Waals surface area (Å²) in [5, 5.41) is 7.14. The average Bonchev–Trinajstić information content (AvgIpc) is 3.38. The lowest BCUT2D eigenvalue weighted by Crippen LogP contribution is -2.46. The molecule has 0 unspecified atom stereocenters. The Morgan fingerprint density at radius 3 is 2.79 bits per heavy atom. The van der Waals surface area contributed by atoms with Crippen LogP contribution in [0, 0.1) is 0 Å². The van der Waals surface area contributed by atoms with Gasteiger partial charge in [-0.05, 0) is 41.1 Å². The molecule has 1 atom stereocenters. The van der Waals surface area contributed by atoms with Crippen LogP contribution in [0.1, 0.15) is 27.8 Å². The molecule has 1 aromatic carbocycles. The van der Waals surface area contributed by atoms with Crippen LogP contribution >= 0.6 is 11.3 Å². The van der Waals surface area contributed by atoms with E-state index in [1.165, 1.54) is 10.4 Å². The Morgan fingerprint density at radius 1 is 1.14 bits per heavy atom. The number of rotatable bonds is 5. The Morgan fingerprint density at radius 2 is 2.00 bits per heavy atom. The SMILES string of the molecule is O=C(CN1CCc2sccc2[C@@H]1c1ccccc1)NC(=O)NCc1ccco1. The Kier molecular flexibility index (Phi) is 5.55. The van der Waals surface area contributed by atoms with Gasteiger partial charge in [0.05, 0.1) is 25.4 Å². The second-order valence-corrected chi connectivity index (χ2v) is 7.64. The van der Waals surface area contributed by atoms with E-state index in [9.17, 15) is 9.59 Å². The summed E-state index contributed by atoms with van der Waals surface area (Å²) in [6, 6.07) is 15.3. The summed E-state index contributed by atoms with van der Waals surface area (Å²) in [5.74, 6) is 0.310. The van der Waals surface area contributed by atoms with Gasteiger partial charge in [0.25, 0.3) is 0 Å². The molecule has 144 valence electrons. The van der Waals surface area contributed by atoms with Crippen LogP contribution in [0.3, 0.4) is 0 Å². The predicted octanol–water partition coefficient (Wildman–Crippen LogP) is 3.31. The zero-order valence-electron chi connectivity index (χ0n) is 15.3. The minimum absolute atomic E-state index is 0.0214. The maximum Gasteiger partial charge on any atom is 0.321 e. The fraction of sp³-hybridized carbons (Fsp3) is 0.238. The number of hydrogen-bond donors (Lipinski definition) is 2. The van der Waals surface area contributed by atoms with Crippen LogP contribution in [0.2, 0.25) is 0 Å². The third-order valence-corrected chi connectivity index (χ3v) is 5.78. The van der Waals surface area contributed by atoms with Crippen molar-refractivity contribution in [3.8, 4) is 0 Å². The third-order valence-electron chi connectivity index (χ3n) is 4.78. The molecular formula is C21H21N3O3S. The molecule has 0 radical (unpaired) electrons. The van der Waals surface area contributed by atoms with Crippen molar-refractivity contribution in [2.45, 2.75) is 19.0 Å². The van der Waals surface area contributed by atoms with Gasteiger partial charge in [-0.2, -0.15) is 0 Å². The number of nitrogens with zero attached hydrogens (tertiary/aromatic N) is 1. The van der Waals surface area contributed by atoms with Gasteiger partial charge in [-0.25, -0.2) is 4.79 Å². The molecular weight excluding hydrogens is 374 g/mol. The molecule has 1 aliphatic heterocycles. The smallest absolute Gasteiger partial charge is 0.321 e. The number of amides is 3. The van der Waals surface area contributed by atoms with E-state index >= 15 is 0 Å². The first-order valence-corrected chi connectivity index (χ1v) is 10.0. The maximum atomic E-state index is 12.5. The van der Waals surface area contributed by atoms with E-state index in [0.29, 0.717) is 5.76 Å². The van der Waals surface area contributed by atoms with E-state index in [-0.39, 0.29) is 25.0 Å². The number of fused-ring (bicyclic) bond motifs is 1. The number of nitrogens with one attached hydrogen (secondary N) is 2. The lowest BCUT2D eigenvalue weighted by molar-refractivity contribution is -0.121. The molecule has 0 aliphatic carbocycles. The van der Waals surface area contributed by atoms with Gasteiger partial charge in [0.15, 0.2) is 0 Å². The molecule has 2 aromatic heterocycles. The topological polar surface area (TPSA) is 74.6 Å². The summed E-state index contributed by atoms with van der Waals surface area (Å²) >= 11 is 1.76. The minimum atomic E-state index is -0.522. The second kappa shape index (κ2) is 8.41. The first-order chi connectivity index (χ1) is 13.7. The molecule has 3 amide bonds. The van der Waals surface area contributed by atoms with E-state index in [4.69, 9.17) is 4.42 Å². The number of carbonyl (C=O) groups excluding carboxylic acids is 2. The highest BCUT2D eigenvalue weighted by Crippen LogP contribution is 2.37. The van der Waals surface area contributed by atoms with Crippen molar-refractivity contribution in [2.24, 2.45) is 0 Å². The molecule has 0 saturated carbocycles. The highest BCUT2D eigenvalue weighted by Gasteiger charge is 2.30. The van der Waals surface area contributed by atoms with Gasteiger partial charge in [-0.3, -0.25) is 15.0 Å². The molecule has 6 nitrogen and oxygen atoms in total. The molecule has 2 N–H and O–H groups in total. The van der Waals surface area contributed by atoms with Crippen LogP contribution in [0.5, 0.6) is 0 Å². The Bertz CT molecular complexity index is 937. The van der Waals surface area contributed by atoms with Gasteiger partial charge in [-0.1, -0.05) is 30.3 Å². The van der Waals surface area contributed by atoms with Crippen molar-refractivity contribution in [3.05, 3.63) is 81.9 Å². The summed E-state index contributed by atoms with van der Waals surface area (Å²) in [6.07, 6.45) is 2.45. The van der Waals surface area contributed by atoms with Gasteiger partial charge in [-0.15, -0.1) is 11.3 Å². The van der Waals surface area contributed by atoms with Crippen LogP contribution in [0.15, 0.2) is 64.6 Å². The van der Waals surface area contributed by atoms with Crippen molar-refractivity contribution in [1.29, 1.82) is 0 Å². The van der Waals surface area contributed by atoms with Crippen molar-refractivity contribution >= 4 is 23.3 Å². The molecule has 28 heavy (non-hydrogen) atoms. The number of benzene rings is 1. The molecule has 3 aromatic rings. The maximum absolute atomic E-state index is 12.5. The Hall–Kier alpha value is -2.90. The number of imide groups is 1.